The van der Waals surface area contributed by atoms with E-state index in [0.717, 1.165) is 26.7 Å². The quantitative estimate of drug-likeness (QED) is 0.691. The second kappa shape index (κ2) is 4.74. The van der Waals surface area contributed by atoms with Crippen molar-refractivity contribution in [3.63, 3.8) is 0 Å². The summed E-state index contributed by atoms with van der Waals surface area (Å²) in [5.41, 5.74) is 2.83. The summed E-state index contributed by atoms with van der Waals surface area (Å²) in [7, 11) is 0. The van der Waals surface area contributed by atoms with Gasteiger partial charge >= 0.3 is 5.97 Å². The minimum atomic E-state index is -0.255. The van der Waals surface area contributed by atoms with Gasteiger partial charge in [-0.3, -0.25) is 4.79 Å². The molecular formula is C14H12FNO2S. The molecule has 0 saturated carbocycles. The number of aromatic nitrogens is 1. The van der Waals surface area contributed by atoms with Gasteiger partial charge in [-0.05, 0) is 30.7 Å². The normalized spacial score (nSPS) is 12.1. The van der Waals surface area contributed by atoms with Gasteiger partial charge in [0.05, 0.1) is 18.7 Å². The van der Waals surface area contributed by atoms with E-state index in [1.807, 2.05) is 0 Å². The Morgan fingerprint density at radius 3 is 3.16 bits per heavy atom. The molecule has 0 radical (unpaired) electrons. The minimum Gasteiger partial charge on any atom is -0.466 e. The van der Waals surface area contributed by atoms with E-state index in [1.165, 1.54) is 17.4 Å². The lowest BCUT2D eigenvalue weighted by molar-refractivity contribution is -0.142. The Hall–Kier alpha value is -1.75. The molecule has 0 saturated heterocycles. The molecule has 0 N–H and O–H groups in total. The maximum Gasteiger partial charge on any atom is 0.312 e. The number of benzene rings is 1. The van der Waals surface area contributed by atoms with Gasteiger partial charge in [-0.2, -0.15) is 0 Å². The van der Waals surface area contributed by atoms with E-state index >= 15 is 0 Å². The highest BCUT2D eigenvalue weighted by Gasteiger charge is 2.24. The molecule has 3 rings (SSSR count). The van der Waals surface area contributed by atoms with Crippen LogP contribution in [0.15, 0.2) is 18.2 Å². The summed E-state index contributed by atoms with van der Waals surface area (Å²) in [6.45, 7) is 2.16. The fourth-order valence-corrected chi connectivity index (χ4v) is 3.35. The van der Waals surface area contributed by atoms with Gasteiger partial charge in [-0.25, -0.2) is 9.37 Å². The topological polar surface area (TPSA) is 39.2 Å². The van der Waals surface area contributed by atoms with Crippen molar-refractivity contribution in [1.82, 2.24) is 4.98 Å². The zero-order valence-corrected chi connectivity index (χ0v) is 11.2. The van der Waals surface area contributed by atoms with Gasteiger partial charge in [0.1, 0.15) is 10.8 Å². The number of esters is 1. The van der Waals surface area contributed by atoms with Gasteiger partial charge in [-0.1, -0.05) is 0 Å². The monoisotopic (exact) mass is 277 g/mol. The van der Waals surface area contributed by atoms with E-state index in [1.54, 1.807) is 19.1 Å². The molecule has 0 spiro atoms. The van der Waals surface area contributed by atoms with E-state index < -0.39 is 0 Å². The van der Waals surface area contributed by atoms with Crippen LogP contribution in [0.5, 0.6) is 0 Å². The maximum atomic E-state index is 13.1. The number of rotatable bonds is 3. The zero-order chi connectivity index (χ0) is 13.4. The maximum absolute atomic E-state index is 13.1. The molecule has 5 heteroatoms. The summed E-state index contributed by atoms with van der Waals surface area (Å²) in [5, 5.41) is 0.762. The van der Waals surface area contributed by atoms with Crippen LogP contribution in [0.2, 0.25) is 0 Å². The Kier molecular flexibility index (Phi) is 3.06. The number of hydrogen-bond acceptors (Lipinski definition) is 4. The number of carbonyl (C=O) groups is 1. The zero-order valence-electron chi connectivity index (χ0n) is 10.4. The molecule has 0 bridgehead atoms. The average Bonchev–Trinajstić information content (AvgIpc) is 2.85. The first-order valence-corrected chi connectivity index (χ1v) is 6.92. The summed E-state index contributed by atoms with van der Waals surface area (Å²) in [6, 6.07) is 4.75. The van der Waals surface area contributed by atoms with Gasteiger partial charge in [0.2, 0.25) is 0 Å². The molecule has 0 aliphatic heterocycles. The van der Waals surface area contributed by atoms with Crippen LogP contribution < -0.4 is 0 Å². The Morgan fingerprint density at radius 1 is 1.53 bits per heavy atom. The highest BCUT2D eigenvalue weighted by Crippen LogP contribution is 2.39. The van der Waals surface area contributed by atoms with Crippen molar-refractivity contribution in [3.8, 4) is 11.3 Å². The second-order valence-corrected chi connectivity index (χ2v) is 5.51. The Bertz CT molecular complexity index is 651. The number of nitrogens with zero attached hydrogens (tertiary/aromatic N) is 1. The molecule has 1 aromatic carbocycles. The molecule has 0 atom stereocenters. The second-order valence-electron chi connectivity index (χ2n) is 4.34. The van der Waals surface area contributed by atoms with Crippen molar-refractivity contribution in [3.05, 3.63) is 39.5 Å². The summed E-state index contributed by atoms with van der Waals surface area (Å²) >= 11 is 1.50. The number of ether oxygens (including phenoxy) is 1. The van der Waals surface area contributed by atoms with E-state index in [-0.39, 0.29) is 18.2 Å². The molecular weight excluding hydrogens is 265 g/mol. The van der Waals surface area contributed by atoms with Crippen LogP contribution in [0.25, 0.3) is 11.3 Å². The highest BCUT2D eigenvalue weighted by molar-refractivity contribution is 7.12. The van der Waals surface area contributed by atoms with Crippen molar-refractivity contribution in [2.24, 2.45) is 0 Å². The van der Waals surface area contributed by atoms with Crippen molar-refractivity contribution in [2.45, 2.75) is 19.8 Å². The lowest BCUT2D eigenvalue weighted by Gasteiger charge is -2.00. The molecule has 1 aliphatic carbocycles. The largest absolute Gasteiger partial charge is 0.466 e. The van der Waals surface area contributed by atoms with Crippen LogP contribution in [0.4, 0.5) is 4.39 Å². The standard InChI is InChI=1S/C14H12FNO2S/c1-2-18-13(17)7-12-16-14-10-4-3-9(15)5-8(10)6-11(14)19-12/h3-5H,2,6-7H2,1H3. The summed E-state index contributed by atoms with van der Waals surface area (Å²) in [4.78, 5) is 17.0. The Labute approximate surface area is 114 Å². The Morgan fingerprint density at radius 2 is 2.37 bits per heavy atom. The lowest BCUT2D eigenvalue weighted by Crippen LogP contribution is -2.07. The minimum absolute atomic E-state index is 0.210. The number of hydrogen-bond donors (Lipinski definition) is 0. The Balaban J connectivity index is 1.87. The lowest BCUT2D eigenvalue weighted by atomic mass is 10.1. The number of carbonyl (C=O) groups excluding carboxylic acids is 1. The molecule has 1 aromatic heterocycles. The van der Waals surface area contributed by atoms with Crippen molar-refractivity contribution >= 4 is 17.3 Å². The number of halogens is 1. The third-order valence-electron chi connectivity index (χ3n) is 3.02. The first-order valence-electron chi connectivity index (χ1n) is 6.10. The van der Waals surface area contributed by atoms with Gasteiger partial charge in [0.15, 0.2) is 0 Å². The predicted octanol–water partition coefficient (Wildman–Crippen LogP) is 2.96. The SMILES string of the molecule is CCOC(=O)Cc1nc2c(s1)Cc1cc(F)ccc1-2. The van der Waals surface area contributed by atoms with Gasteiger partial charge in [0, 0.05) is 16.9 Å². The van der Waals surface area contributed by atoms with Crippen LogP contribution in [-0.2, 0) is 22.4 Å². The van der Waals surface area contributed by atoms with Gasteiger partial charge in [-0.15, -0.1) is 11.3 Å². The third-order valence-corrected chi connectivity index (χ3v) is 4.07. The van der Waals surface area contributed by atoms with Crippen LogP contribution in [-0.4, -0.2) is 17.6 Å². The highest BCUT2D eigenvalue weighted by atomic mass is 32.1. The van der Waals surface area contributed by atoms with Crippen LogP contribution in [0.3, 0.4) is 0 Å². The smallest absolute Gasteiger partial charge is 0.312 e. The summed E-state index contributed by atoms with van der Waals surface area (Å²) in [6.07, 6.45) is 0.908. The summed E-state index contributed by atoms with van der Waals surface area (Å²) < 4.78 is 18.1. The van der Waals surface area contributed by atoms with E-state index in [4.69, 9.17) is 4.74 Å². The predicted molar refractivity (Wildman–Crippen MR) is 70.7 cm³/mol. The van der Waals surface area contributed by atoms with Gasteiger partial charge < -0.3 is 4.74 Å². The van der Waals surface area contributed by atoms with Crippen LogP contribution >= 0.6 is 11.3 Å². The van der Waals surface area contributed by atoms with Crippen molar-refractivity contribution < 1.29 is 13.9 Å². The molecule has 0 amide bonds. The number of fused-ring (bicyclic) bond motifs is 3. The fraction of sp³-hybridized carbons (Fsp3) is 0.286. The van der Waals surface area contributed by atoms with E-state index in [2.05, 4.69) is 4.98 Å². The third kappa shape index (κ3) is 2.26. The van der Waals surface area contributed by atoms with Crippen molar-refractivity contribution in [1.29, 1.82) is 0 Å². The van der Waals surface area contributed by atoms with E-state index in [9.17, 15) is 9.18 Å². The van der Waals surface area contributed by atoms with Crippen molar-refractivity contribution in [2.75, 3.05) is 6.61 Å². The molecule has 1 aliphatic rings. The number of thiazole rings is 1. The fourth-order valence-electron chi connectivity index (χ4n) is 2.25. The molecule has 0 unspecified atom stereocenters. The first kappa shape index (κ1) is 12.3. The van der Waals surface area contributed by atoms with Crippen LogP contribution in [0, 0.1) is 5.82 Å². The molecule has 3 nitrogen and oxygen atoms in total. The average molecular weight is 277 g/mol. The molecule has 98 valence electrons. The van der Waals surface area contributed by atoms with E-state index in [0.29, 0.717) is 13.0 Å². The molecule has 2 aromatic rings. The first-order chi connectivity index (χ1) is 9.17. The molecule has 1 heterocycles. The summed E-state index contributed by atoms with van der Waals surface area (Å²) in [5.74, 6) is -0.477. The molecule has 19 heavy (non-hydrogen) atoms. The molecule has 0 fully saturated rings. The van der Waals surface area contributed by atoms with Crippen LogP contribution in [0.1, 0.15) is 22.4 Å². The van der Waals surface area contributed by atoms with Gasteiger partial charge in [0.25, 0.3) is 0 Å².